The van der Waals surface area contributed by atoms with Gasteiger partial charge in [0.05, 0.1) is 43.2 Å². The van der Waals surface area contributed by atoms with Gasteiger partial charge in [0, 0.05) is 19.6 Å². The van der Waals surface area contributed by atoms with E-state index in [4.69, 9.17) is 9.47 Å². The molecule has 2 aliphatic rings. The number of fused-ring (bicyclic) bond motifs is 1. The molecule has 0 saturated carbocycles. The predicted octanol–water partition coefficient (Wildman–Crippen LogP) is 2.87. The summed E-state index contributed by atoms with van der Waals surface area (Å²) in [4.78, 5) is 4.53. The van der Waals surface area contributed by atoms with Gasteiger partial charge in [-0.15, -0.1) is 6.58 Å². The van der Waals surface area contributed by atoms with Crippen LogP contribution < -0.4 is 9.64 Å². The SMILES string of the molecule is C=CC(C)COCC(CN1c2ccccc2OCC1c1ccccc1)N1CC(O)C(O)C1. The third-order valence-electron chi connectivity index (χ3n) is 6.44. The number of hydrogen-bond acceptors (Lipinski definition) is 6. The molecule has 6 nitrogen and oxygen atoms in total. The lowest BCUT2D eigenvalue weighted by atomic mass is 10.0. The zero-order valence-corrected chi connectivity index (χ0v) is 18.7. The van der Waals surface area contributed by atoms with Crippen molar-refractivity contribution < 1.29 is 19.7 Å². The third-order valence-corrected chi connectivity index (χ3v) is 6.44. The molecule has 0 aromatic heterocycles. The Morgan fingerprint density at radius 3 is 2.47 bits per heavy atom. The number of nitrogens with zero attached hydrogens (tertiary/aromatic N) is 2. The molecule has 5 atom stereocenters. The van der Waals surface area contributed by atoms with Crippen LogP contribution in [0.15, 0.2) is 67.3 Å². The number of β-amino-alcohol motifs (C(OH)–C–C–N with tert-alkyl or cyclic N) is 2. The topological polar surface area (TPSA) is 65.4 Å². The Hall–Kier alpha value is -2.38. The van der Waals surface area contributed by atoms with Crippen LogP contribution in [0.3, 0.4) is 0 Å². The van der Waals surface area contributed by atoms with Gasteiger partial charge in [-0.1, -0.05) is 55.5 Å². The van der Waals surface area contributed by atoms with Crippen LogP contribution in [0.25, 0.3) is 0 Å². The number of hydrogen-bond donors (Lipinski definition) is 2. The molecule has 172 valence electrons. The number of rotatable bonds is 9. The van der Waals surface area contributed by atoms with Crippen LogP contribution in [0, 0.1) is 5.92 Å². The molecule has 0 aliphatic carbocycles. The maximum atomic E-state index is 10.2. The standard InChI is InChI=1S/C26H34N2O4/c1-3-19(2)16-31-17-21(27-14-24(29)25(30)15-27)13-28-22-11-7-8-12-26(22)32-18-23(28)20-9-5-4-6-10-20/h3-12,19,21,23-25,29-30H,1,13-18H2,2H3. The molecule has 0 radical (unpaired) electrons. The number of benzene rings is 2. The highest BCUT2D eigenvalue weighted by Gasteiger charge is 2.37. The third kappa shape index (κ3) is 5.15. The number of aliphatic hydroxyl groups excluding tert-OH is 2. The molecule has 2 aliphatic heterocycles. The minimum atomic E-state index is -0.730. The van der Waals surface area contributed by atoms with E-state index >= 15 is 0 Å². The monoisotopic (exact) mass is 438 g/mol. The van der Waals surface area contributed by atoms with Crippen LogP contribution >= 0.6 is 0 Å². The van der Waals surface area contributed by atoms with Crippen molar-refractivity contribution in [1.82, 2.24) is 4.90 Å². The summed E-state index contributed by atoms with van der Waals surface area (Å²) in [7, 11) is 0. The van der Waals surface area contributed by atoms with Crippen LogP contribution in [0.1, 0.15) is 18.5 Å². The second kappa shape index (κ2) is 10.5. The Bertz CT molecular complexity index is 867. The van der Waals surface area contributed by atoms with Crippen molar-refractivity contribution >= 4 is 5.69 Å². The van der Waals surface area contributed by atoms with Crippen LogP contribution in [0.2, 0.25) is 0 Å². The summed E-state index contributed by atoms with van der Waals surface area (Å²) in [6.07, 6.45) is 0.431. The lowest BCUT2D eigenvalue weighted by Gasteiger charge is -2.42. The van der Waals surface area contributed by atoms with Gasteiger partial charge in [-0.3, -0.25) is 4.90 Å². The summed E-state index contributed by atoms with van der Waals surface area (Å²) in [6.45, 7) is 9.16. The molecule has 5 unspecified atom stereocenters. The van der Waals surface area contributed by atoms with E-state index in [0.29, 0.717) is 39.5 Å². The Morgan fingerprint density at radius 2 is 1.75 bits per heavy atom. The molecule has 2 heterocycles. The Labute approximate surface area is 190 Å². The Morgan fingerprint density at radius 1 is 1.06 bits per heavy atom. The molecule has 2 aromatic carbocycles. The second-order valence-corrected chi connectivity index (χ2v) is 8.85. The fraction of sp³-hybridized carbons (Fsp3) is 0.462. The van der Waals surface area contributed by atoms with Crippen molar-refractivity contribution in [1.29, 1.82) is 0 Å². The molecule has 6 heteroatoms. The number of aliphatic hydroxyl groups is 2. The summed E-state index contributed by atoms with van der Waals surface area (Å²) in [6, 6.07) is 18.6. The number of ether oxygens (including phenoxy) is 2. The maximum Gasteiger partial charge on any atom is 0.142 e. The highest BCUT2D eigenvalue weighted by Crippen LogP contribution is 2.39. The second-order valence-electron chi connectivity index (χ2n) is 8.85. The van der Waals surface area contributed by atoms with E-state index in [2.05, 4.69) is 53.6 Å². The van der Waals surface area contributed by atoms with Crippen LogP contribution in [-0.2, 0) is 4.74 Å². The quantitative estimate of drug-likeness (QED) is 0.587. The lowest BCUT2D eigenvalue weighted by molar-refractivity contribution is 0.0539. The fourth-order valence-corrected chi connectivity index (χ4v) is 4.48. The van der Waals surface area contributed by atoms with Crippen LogP contribution in [-0.4, -0.2) is 72.8 Å². The van der Waals surface area contributed by atoms with Gasteiger partial charge in [-0.05, 0) is 23.6 Å². The van der Waals surface area contributed by atoms with E-state index in [-0.39, 0.29) is 18.0 Å². The minimum absolute atomic E-state index is 0.0104. The average molecular weight is 439 g/mol. The zero-order valence-electron chi connectivity index (χ0n) is 18.7. The first kappa shape index (κ1) is 22.8. The number of anilines is 1. The van der Waals surface area contributed by atoms with E-state index in [1.54, 1.807) is 0 Å². The van der Waals surface area contributed by atoms with Gasteiger partial charge in [0.2, 0.25) is 0 Å². The minimum Gasteiger partial charge on any atom is -0.489 e. The largest absolute Gasteiger partial charge is 0.489 e. The van der Waals surface area contributed by atoms with Crippen LogP contribution in [0.4, 0.5) is 5.69 Å². The lowest BCUT2D eigenvalue weighted by Crippen LogP contribution is -2.49. The van der Waals surface area contributed by atoms with Gasteiger partial charge in [0.25, 0.3) is 0 Å². The molecule has 0 bridgehead atoms. The summed E-state index contributed by atoms with van der Waals surface area (Å²) in [5.41, 5.74) is 2.25. The van der Waals surface area contributed by atoms with Crippen molar-refractivity contribution in [3.8, 4) is 5.75 Å². The van der Waals surface area contributed by atoms with Gasteiger partial charge >= 0.3 is 0 Å². The zero-order chi connectivity index (χ0) is 22.5. The van der Waals surface area contributed by atoms with Crippen molar-refractivity contribution in [2.24, 2.45) is 5.92 Å². The summed E-state index contributed by atoms with van der Waals surface area (Å²) >= 11 is 0. The molecule has 4 rings (SSSR count). The molecule has 1 fully saturated rings. The fourth-order valence-electron chi connectivity index (χ4n) is 4.48. The van der Waals surface area contributed by atoms with Gasteiger partial charge in [-0.25, -0.2) is 0 Å². The van der Waals surface area contributed by atoms with E-state index in [1.165, 1.54) is 5.56 Å². The van der Waals surface area contributed by atoms with Crippen LogP contribution in [0.5, 0.6) is 5.75 Å². The molecular weight excluding hydrogens is 404 g/mol. The van der Waals surface area contributed by atoms with Gasteiger partial charge < -0.3 is 24.6 Å². The Balaban J connectivity index is 1.60. The molecule has 0 amide bonds. The highest BCUT2D eigenvalue weighted by molar-refractivity contribution is 5.61. The number of likely N-dealkylation sites (tertiary alicyclic amines) is 1. The highest BCUT2D eigenvalue weighted by atomic mass is 16.5. The molecular formula is C26H34N2O4. The first-order chi connectivity index (χ1) is 15.6. The van der Waals surface area contributed by atoms with Gasteiger partial charge in [0.15, 0.2) is 0 Å². The summed E-state index contributed by atoms with van der Waals surface area (Å²) in [5, 5.41) is 20.4. The van der Waals surface area contributed by atoms with Gasteiger partial charge in [0.1, 0.15) is 12.4 Å². The van der Waals surface area contributed by atoms with E-state index < -0.39 is 12.2 Å². The molecule has 2 aromatic rings. The first-order valence-corrected chi connectivity index (χ1v) is 11.4. The predicted molar refractivity (Wildman–Crippen MR) is 126 cm³/mol. The van der Waals surface area contributed by atoms with Gasteiger partial charge in [-0.2, -0.15) is 0 Å². The van der Waals surface area contributed by atoms with Crippen molar-refractivity contribution in [3.05, 3.63) is 72.8 Å². The Kier molecular flexibility index (Phi) is 7.48. The average Bonchev–Trinajstić information content (AvgIpc) is 3.16. The van der Waals surface area contributed by atoms with E-state index in [0.717, 1.165) is 11.4 Å². The van der Waals surface area contributed by atoms with Crippen molar-refractivity contribution in [2.75, 3.05) is 44.4 Å². The molecule has 2 N–H and O–H groups in total. The normalized spacial score (nSPS) is 25.1. The maximum absolute atomic E-state index is 10.2. The summed E-state index contributed by atoms with van der Waals surface area (Å²) in [5.74, 6) is 1.15. The van der Waals surface area contributed by atoms with E-state index in [1.807, 2.05) is 30.3 Å². The van der Waals surface area contributed by atoms with Crippen molar-refractivity contribution in [2.45, 2.75) is 31.2 Å². The first-order valence-electron chi connectivity index (χ1n) is 11.4. The summed E-state index contributed by atoms with van der Waals surface area (Å²) < 4.78 is 12.2. The van der Waals surface area contributed by atoms with Crippen molar-refractivity contribution in [3.63, 3.8) is 0 Å². The number of para-hydroxylation sites is 2. The smallest absolute Gasteiger partial charge is 0.142 e. The molecule has 0 spiro atoms. The van der Waals surface area contributed by atoms with E-state index in [9.17, 15) is 10.2 Å². The molecule has 1 saturated heterocycles. The molecule has 32 heavy (non-hydrogen) atoms.